The number of carbonyl (C=O) groups is 2. The summed E-state index contributed by atoms with van der Waals surface area (Å²) >= 11 is 1.48. The summed E-state index contributed by atoms with van der Waals surface area (Å²) in [5, 5.41) is 5.80. The van der Waals surface area contributed by atoms with E-state index in [0.29, 0.717) is 25.1 Å². The van der Waals surface area contributed by atoms with Crippen LogP contribution in [0.5, 0.6) is 5.75 Å². The highest BCUT2D eigenvalue weighted by atomic mass is 32.2. The number of hydrogen-bond donors (Lipinski definition) is 2. The van der Waals surface area contributed by atoms with Gasteiger partial charge in [0.2, 0.25) is 11.8 Å². The Morgan fingerprint density at radius 3 is 3.14 bits per heavy atom. The Morgan fingerprint density at radius 2 is 2.33 bits per heavy atom. The van der Waals surface area contributed by atoms with E-state index in [0.717, 1.165) is 17.1 Å². The van der Waals surface area contributed by atoms with Crippen LogP contribution < -0.4 is 15.4 Å². The summed E-state index contributed by atoms with van der Waals surface area (Å²) in [4.78, 5) is 24.2. The second-order valence-electron chi connectivity index (χ2n) is 4.91. The molecule has 21 heavy (non-hydrogen) atoms. The molecule has 2 amide bonds. The lowest BCUT2D eigenvalue weighted by atomic mass is 10.1. The molecule has 6 heteroatoms. The predicted octanol–water partition coefficient (Wildman–Crippen LogP) is 1.57. The number of amides is 2. The van der Waals surface area contributed by atoms with Crippen LogP contribution in [0.1, 0.15) is 19.3 Å². The van der Waals surface area contributed by atoms with Gasteiger partial charge in [-0.1, -0.05) is 6.07 Å². The van der Waals surface area contributed by atoms with Crippen LogP contribution in [-0.4, -0.2) is 37.3 Å². The first kappa shape index (κ1) is 15.7. The second kappa shape index (κ2) is 7.93. The zero-order chi connectivity index (χ0) is 15.1. The van der Waals surface area contributed by atoms with Crippen LogP contribution in [0.25, 0.3) is 0 Å². The molecule has 1 aliphatic rings. The molecule has 2 rings (SSSR count). The third kappa shape index (κ3) is 5.30. The van der Waals surface area contributed by atoms with Crippen LogP contribution in [0.4, 0.5) is 0 Å². The van der Waals surface area contributed by atoms with Gasteiger partial charge in [0, 0.05) is 23.9 Å². The van der Waals surface area contributed by atoms with Crippen LogP contribution in [0, 0.1) is 0 Å². The summed E-state index contributed by atoms with van der Waals surface area (Å²) in [5.74, 6) is 1.22. The van der Waals surface area contributed by atoms with Gasteiger partial charge in [-0.2, -0.15) is 0 Å². The molecule has 1 heterocycles. The SMILES string of the molecule is COc1cccc(SCC(=O)NC2CCNC(=O)CC2)c1. The molecule has 1 aliphatic heterocycles. The van der Waals surface area contributed by atoms with E-state index in [1.807, 2.05) is 24.3 Å². The maximum atomic E-state index is 12.0. The number of thioether (sulfide) groups is 1. The van der Waals surface area contributed by atoms with Gasteiger partial charge in [-0.15, -0.1) is 11.8 Å². The molecule has 0 aliphatic carbocycles. The van der Waals surface area contributed by atoms with Crippen LogP contribution in [0.15, 0.2) is 29.2 Å². The largest absolute Gasteiger partial charge is 0.497 e. The second-order valence-corrected chi connectivity index (χ2v) is 5.96. The van der Waals surface area contributed by atoms with Crippen molar-refractivity contribution in [3.63, 3.8) is 0 Å². The Morgan fingerprint density at radius 1 is 1.48 bits per heavy atom. The average Bonchev–Trinajstić information content (AvgIpc) is 2.70. The van der Waals surface area contributed by atoms with Gasteiger partial charge in [-0.05, 0) is 31.0 Å². The summed E-state index contributed by atoms with van der Waals surface area (Å²) in [6, 6.07) is 7.73. The number of carbonyl (C=O) groups excluding carboxylic acids is 2. The molecule has 0 radical (unpaired) electrons. The molecule has 0 spiro atoms. The molecule has 1 aromatic rings. The monoisotopic (exact) mass is 308 g/mol. The first-order valence-corrected chi connectivity index (χ1v) is 7.99. The van der Waals surface area contributed by atoms with Gasteiger partial charge in [0.25, 0.3) is 0 Å². The lowest BCUT2D eigenvalue weighted by Gasteiger charge is -2.15. The molecule has 1 aromatic carbocycles. The smallest absolute Gasteiger partial charge is 0.230 e. The molecule has 1 atom stereocenters. The third-order valence-electron chi connectivity index (χ3n) is 3.31. The van der Waals surface area contributed by atoms with Gasteiger partial charge in [-0.25, -0.2) is 0 Å². The molecule has 1 unspecified atom stereocenters. The van der Waals surface area contributed by atoms with Crippen molar-refractivity contribution >= 4 is 23.6 Å². The zero-order valence-corrected chi connectivity index (χ0v) is 12.9. The molecule has 2 N–H and O–H groups in total. The highest BCUT2D eigenvalue weighted by Gasteiger charge is 2.17. The summed E-state index contributed by atoms with van der Waals surface area (Å²) in [7, 11) is 1.62. The van der Waals surface area contributed by atoms with Crippen molar-refractivity contribution in [3.05, 3.63) is 24.3 Å². The predicted molar refractivity (Wildman–Crippen MR) is 82.5 cm³/mol. The summed E-state index contributed by atoms with van der Waals surface area (Å²) in [5.41, 5.74) is 0. The molecule has 5 nitrogen and oxygen atoms in total. The van der Waals surface area contributed by atoms with E-state index in [-0.39, 0.29) is 17.9 Å². The fourth-order valence-electron chi connectivity index (χ4n) is 2.18. The highest BCUT2D eigenvalue weighted by molar-refractivity contribution is 8.00. The van der Waals surface area contributed by atoms with Crippen molar-refractivity contribution in [2.75, 3.05) is 19.4 Å². The van der Waals surface area contributed by atoms with Crippen LogP contribution in [-0.2, 0) is 9.59 Å². The zero-order valence-electron chi connectivity index (χ0n) is 12.1. The van der Waals surface area contributed by atoms with Gasteiger partial charge in [-0.3, -0.25) is 9.59 Å². The van der Waals surface area contributed by atoms with Crippen molar-refractivity contribution in [1.29, 1.82) is 0 Å². The van der Waals surface area contributed by atoms with E-state index in [2.05, 4.69) is 10.6 Å². The van der Waals surface area contributed by atoms with Crippen molar-refractivity contribution in [2.24, 2.45) is 0 Å². The molecule has 114 valence electrons. The molecule has 0 bridgehead atoms. The van der Waals surface area contributed by atoms with Crippen molar-refractivity contribution < 1.29 is 14.3 Å². The fraction of sp³-hybridized carbons (Fsp3) is 0.467. The van der Waals surface area contributed by atoms with Gasteiger partial charge < -0.3 is 15.4 Å². The lowest BCUT2D eigenvalue weighted by molar-refractivity contribution is -0.121. The Kier molecular flexibility index (Phi) is 5.92. The van der Waals surface area contributed by atoms with Crippen LogP contribution in [0.2, 0.25) is 0 Å². The van der Waals surface area contributed by atoms with E-state index in [9.17, 15) is 9.59 Å². The third-order valence-corrected chi connectivity index (χ3v) is 4.30. The van der Waals surface area contributed by atoms with E-state index in [4.69, 9.17) is 4.74 Å². The molecule has 1 saturated heterocycles. The fourth-order valence-corrected chi connectivity index (χ4v) is 2.93. The normalized spacial score (nSPS) is 18.5. The number of rotatable bonds is 5. The number of hydrogen-bond acceptors (Lipinski definition) is 4. The molecule has 0 aromatic heterocycles. The van der Waals surface area contributed by atoms with Gasteiger partial charge in [0.15, 0.2) is 0 Å². The van der Waals surface area contributed by atoms with Gasteiger partial charge >= 0.3 is 0 Å². The Balaban J connectivity index is 1.77. The quantitative estimate of drug-likeness (QED) is 0.810. The van der Waals surface area contributed by atoms with E-state index in [1.54, 1.807) is 7.11 Å². The summed E-state index contributed by atoms with van der Waals surface area (Å²) in [6.45, 7) is 0.632. The number of methoxy groups -OCH3 is 1. The number of benzene rings is 1. The van der Waals surface area contributed by atoms with Gasteiger partial charge in [0.1, 0.15) is 5.75 Å². The average molecular weight is 308 g/mol. The Hall–Kier alpha value is -1.69. The van der Waals surface area contributed by atoms with Crippen molar-refractivity contribution in [3.8, 4) is 5.75 Å². The maximum absolute atomic E-state index is 12.0. The van der Waals surface area contributed by atoms with Gasteiger partial charge in [0.05, 0.1) is 12.9 Å². The van der Waals surface area contributed by atoms with Crippen molar-refractivity contribution in [1.82, 2.24) is 10.6 Å². The number of ether oxygens (including phenoxy) is 1. The topological polar surface area (TPSA) is 67.4 Å². The minimum Gasteiger partial charge on any atom is -0.497 e. The standard InChI is InChI=1S/C15H20N2O3S/c1-20-12-3-2-4-13(9-12)21-10-15(19)17-11-5-6-14(18)16-8-7-11/h2-4,9,11H,5-8,10H2,1H3,(H,16,18)(H,17,19). The minimum absolute atomic E-state index is 0.00201. The van der Waals surface area contributed by atoms with E-state index in [1.165, 1.54) is 11.8 Å². The molecular formula is C15H20N2O3S. The first-order chi connectivity index (χ1) is 10.2. The highest BCUT2D eigenvalue weighted by Crippen LogP contribution is 2.22. The van der Waals surface area contributed by atoms with Crippen LogP contribution in [0.3, 0.4) is 0 Å². The number of nitrogens with one attached hydrogen (secondary N) is 2. The lowest BCUT2D eigenvalue weighted by Crippen LogP contribution is -2.36. The molecular weight excluding hydrogens is 288 g/mol. The van der Waals surface area contributed by atoms with E-state index < -0.39 is 0 Å². The Bertz CT molecular complexity index is 507. The minimum atomic E-state index is 0.00201. The van der Waals surface area contributed by atoms with Crippen molar-refractivity contribution in [2.45, 2.75) is 30.2 Å². The Labute approximate surface area is 128 Å². The maximum Gasteiger partial charge on any atom is 0.230 e. The first-order valence-electron chi connectivity index (χ1n) is 7.00. The van der Waals surface area contributed by atoms with E-state index >= 15 is 0 Å². The molecule has 0 saturated carbocycles. The van der Waals surface area contributed by atoms with Crippen LogP contribution >= 0.6 is 11.8 Å². The summed E-state index contributed by atoms with van der Waals surface area (Å²) < 4.78 is 5.15. The molecule has 1 fully saturated rings. The summed E-state index contributed by atoms with van der Waals surface area (Å²) in [6.07, 6.45) is 1.98.